The van der Waals surface area contributed by atoms with E-state index in [1.54, 1.807) is 0 Å². The monoisotopic (exact) mass is 352 g/mol. The molecule has 5 nitrogen and oxygen atoms in total. The summed E-state index contributed by atoms with van der Waals surface area (Å²) in [5.74, 6) is -0.864. The Labute approximate surface area is 141 Å². The number of carbonyl (C=O) groups is 2. The average molecular weight is 352 g/mol. The van der Waals surface area contributed by atoms with Crippen LogP contribution in [-0.2, 0) is 6.18 Å². The number of phenols is 1. The van der Waals surface area contributed by atoms with Gasteiger partial charge in [0.05, 0.1) is 5.56 Å². The van der Waals surface area contributed by atoms with E-state index in [1.165, 1.54) is 24.3 Å². The maximum Gasteiger partial charge on any atom is 0.416 e. The fourth-order valence-corrected chi connectivity index (χ4v) is 1.98. The van der Waals surface area contributed by atoms with E-state index >= 15 is 0 Å². The fraction of sp³-hybridized carbons (Fsp3) is 0.176. The molecule has 0 saturated carbocycles. The van der Waals surface area contributed by atoms with Crippen LogP contribution in [0, 0.1) is 0 Å². The number of carbonyl (C=O) groups excluding carboxylic acids is 2. The molecule has 132 valence electrons. The minimum Gasteiger partial charge on any atom is -0.508 e. The molecule has 2 amide bonds. The molecule has 0 saturated heterocycles. The first-order valence-electron chi connectivity index (χ1n) is 7.30. The van der Waals surface area contributed by atoms with Crippen molar-refractivity contribution in [2.24, 2.45) is 0 Å². The van der Waals surface area contributed by atoms with E-state index in [9.17, 15) is 22.8 Å². The summed E-state index contributed by atoms with van der Waals surface area (Å²) in [6.45, 7) is 0.260. The molecule has 2 rings (SSSR count). The zero-order valence-electron chi connectivity index (χ0n) is 12.9. The maximum atomic E-state index is 12.5. The van der Waals surface area contributed by atoms with Gasteiger partial charge in [-0.3, -0.25) is 9.59 Å². The largest absolute Gasteiger partial charge is 0.508 e. The van der Waals surface area contributed by atoms with Gasteiger partial charge in [0.25, 0.3) is 11.8 Å². The van der Waals surface area contributed by atoms with Crippen LogP contribution in [0.1, 0.15) is 26.3 Å². The van der Waals surface area contributed by atoms with Gasteiger partial charge < -0.3 is 15.7 Å². The van der Waals surface area contributed by atoms with E-state index in [4.69, 9.17) is 5.11 Å². The third-order valence-corrected chi connectivity index (χ3v) is 3.30. The second kappa shape index (κ2) is 7.69. The van der Waals surface area contributed by atoms with E-state index in [-0.39, 0.29) is 30.3 Å². The highest BCUT2D eigenvalue weighted by Crippen LogP contribution is 2.29. The van der Waals surface area contributed by atoms with Gasteiger partial charge in [0.1, 0.15) is 5.75 Å². The van der Waals surface area contributed by atoms with Crippen molar-refractivity contribution in [2.75, 3.05) is 13.1 Å². The van der Waals surface area contributed by atoms with Crippen molar-refractivity contribution in [3.8, 4) is 5.75 Å². The topological polar surface area (TPSA) is 78.4 Å². The Morgan fingerprint density at radius 3 is 1.60 bits per heavy atom. The van der Waals surface area contributed by atoms with Crippen LogP contribution < -0.4 is 10.6 Å². The van der Waals surface area contributed by atoms with Gasteiger partial charge >= 0.3 is 6.18 Å². The number of halogens is 3. The van der Waals surface area contributed by atoms with Crippen LogP contribution in [-0.4, -0.2) is 30.0 Å². The smallest absolute Gasteiger partial charge is 0.416 e. The van der Waals surface area contributed by atoms with Crippen LogP contribution in [0.4, 0.5) is 13.2 Å². The first kappa shape index (κ1) is 18.3. The van der Waals surface area contributed by atoms with Crippen molar-refractivity contribution in [2.45, 2.75) is 6.18 Å². The number of nitrogens with one attached hydrogen (secondary N) is 2. The summed E-state index contributed by atoms with van der Waals surface area (Å²) in [6, 6.07) is 9.50. The predicted octanol–water partition coefficient (Wildman–Crippen LogP) is 2.57. The Hall–Kier alpha value is -3.03. The molecule has 0 aliphatic heterocycles. The molecule has 8 heteroatoms. The van der Waals surface area contributed by atoms with Gasteiger partial charge in [0, 0.05) is 24.2 Å². The second-order valence-corrected chi connectivity index (χ2v) is 5.13. The molecule has 3 N–H and O–H groups in total. The van der Waals surface area contributed by atoms with Gasteiger partial charge in [-0.05, 0) is 48.5 Å². The van der Waals surface area contributed by atoms with Crippen molar-refractivity contribution in [1.29, 1.82) is 0 Å². The summed E-state index contributed by atoms with van der Waals surface area (Å²) >= 11 is 0. The van der Waals surface area contributed by atoms with Crippen molar-refractivity contribution in [3.05, 3.63) is 65.2 Å². The number of aromatic hydroxyl groups is 1. The molecular weight excluding hydrogens is 337 g/mol. The summed E-state index contributed by atoms with van der Waals surface area (Å²) in [4.78, 5) is 23.6. The Kier molecular flexibility index (Phi) is 5.63. The number of hydrogen-bond donors (Lipinski definition) is 3. The molecule has 0 bridgehead atoms. The normalized spacial score (nSPS) is 11.0. The van der Waals surface area contributed by atoms with E-state index in [1.807, 2.05) is 0 Å². The molecule has 0 fully saturated rings. The number of hydrogen-bond acceptors (Lipinski definition) is 3. The van der Waals surface area contributed by atoms with Crippen molar-refractivity contribution in [3.63, 3.8) is 0 Å². The van der Waals surface area contributed by atoms with E-state index < -0.39 is 17.6 Å². The van der Waals surface area contributed by atoms with Crippen LogP contribution in [0.25, 0.3) is 0 Å². The van der Waals surface area contributed by atoms with Gasteiger partial charge in [-0.25, -0.2) is 0 Å². The number of amides is 2. The standard InChI is InChI=1S/C17H15F3N2O3/c18-17(19,20)13-5-1-11(2-6-13)15(24)21-9-10-22-16(25)12-3-7-14(23)8-4-12/h1-8,23H,9-10H2,(H,21,24)(H,22,25). The zero-order valence-corrected chi connectivity index (χ0v) is 12.9. The highest BCUT2D eigenvalue weighted by Gasteiger charge is 2.30. The lowest BCUT2D eigenvalue weighted by atomic mass is 10.1. The summed E-state index contributed by atoms with van der Waals surface area (Å²) in [5, 5.41) is 14.2. The van der Waals surface area contributed by atoms with Crippen molar-refractivity contribution in [1.82, 2.24) is 10.6 Å². The van der Waals surface area contributed by atoms with Gasteiger partial charge in [-0.1, -0.05) is 0 Å². The molecule has 0 unspecified atom stereocenters. The van der Waals surface area contributed by atoms with Crippen LogP contribution in [0.2, 0.25) is 0 Å². The molecule has 25 heavy (non-hydrogen) atoms. The number of benzene rings is 2. The Morgan fingerprint density at radius 1 is 0.800 bits per heavy atom. The third kappa shape index (κ3) is 5.23. The SMILES string of the molecule is O=C(NCCNC(=O)c1ccc(C(F)(F)F)cc1)c1ccc(O)cc1. The second-order valence-electron chi connectivity index (χ2n) is 5.13. The van der Waals surface area contributed by atoms with Crippen LogP contribution in [0.3, 0.4) is 0 Å². The first-order chi connectivity index (χ1) is 11.8. The number of alkyl halides is 3. The van der Waals surface area contributed by atoms with E-state index in [0.29, 0.717) is 5.56 Å². The third-order valence-electron chi connectivity index (χ3n) is 3.30. The number of phenolic OH excluding ortho intramolecular Hbond substituents is 1. The lowest BCUT2D eigenvalue weighted by Gasteiger charge is -2.09. The molecule has 2 aromatic carbocycles. The van der Waals surface area contributed by atoms with Crippen LogP contribution in [0.15, 0.2) is 48.5 Å². The lowest BCUT2D eigenvalue weighted by Crippen LogP contribution is -2.34. The highest BCUT2D eigenvalue weighted by atomic mass is 19.4. The van der Waals surface area contributed by atoms with E-state index in [0.717, 1.165) is 24.3 Å². The molecular formula is C17H15F3N2O3. The molecule has 0 atom stereocenters. The molecule has 0 aliphatic rings. The minimum absolute atomic E-state index is 0.0420. The predicted molar refractivity (Wildman–Crippen MR) is 84.2 cm³/mol. The Morgan fingerprint density at radius 2 is 1.20 bits per heavy atom. The Bertz CT molecular complexity index is 741. The molecule has 0 radical (unpaired) electrons. The van der Waals surface area contributed by atoms with Crippen LogP contribution >= 0.6 is 0 Å². The maximum absolute atomic E-state index is 12.5. The Balaban J connectivity index is 1.78. The molecule has 0 aromatic heterocycles. The first-order valence-corrected chi connectivity index (χ1v) is 7.30. The van der Waals surface area contributed by atoms with Gasteiger partial charge in [-0.15, -0.1) is 0 Å². The van der Waals surface area contributed by atoms with E-state index in [2.05, 4.69) is 10.6 Å². The summed E-state index contributed by atoms with van der Waals surface area (Å²) in [7, 11) is 0. The molecule has 2 aromatic rings. The highest BCUT2D eigenvalue weighted by molar-refractivity contribution is 5.95. The summed E-state index contributed by atoms with van der Waals surface area (Å²) in [6.07, 6.45) is -4.45. The van der Waals surface area contributed by atoms with Crippen molar-refractivity contribution >= 4 is 11.8 Å². The van der Waals surface area contributed by atoms with Gasteiger partial charge in [-0.2, -0.15) is 13.2 Å². The minimum atomic E-state index is -4.45. The summed E-state index contributed by atoms with van der Waals surface area (Å²) < 4.78 is 37.4. The van der Waals surface area contributed by atoms with Crippen molar-refractivity contribution < 1.29 is 27.9 Å². The van der Waals surface area contributed by atoms with Crippen LogP contribution in [0.5, 0.6) is 5.75 Å². The molecule has 0 heterocycles. The van der Waals surface area contributed by atoms with Gasteiger partial charge in [0.15, 0.2) is 0 Å². The fourth-order valence-electron chi connectivity index (χ4n) is 1.98. The van der Waals surface area contributed by atoms with Gasteiger partial charge in [0.2, 0.25) is 0 Å². The lowest BCUT2D eigenvalue weighted by molar-refractivity contribution is -0.137. The molecule has 0 aliphatic carbocycles. The average Bonchev–Trinajstić information content (AvgIpc) is 2.58. The number of rotatable bonds is 5. The molecule has 0 spiro atoms. The zero-order chi connectivity index (χ0) is 18.4. The summed E-state index contributed by atoms with van der Waals surface area (Å²) in [5.41, 5.74) is -0.380. The quantitative estimate of drug-likeness (QED) is 0.724.